The van der Waals surface area contributed by atoms with Crippen molar-refractivity contribution in [2.75, 3.05) is 13.2 Å². The number of likely N-dealkylation sites (N-methyl/N-ethyl adjacent to an activating group) is 1. The van der Waals surface area contributed by atoms with E-state index < -0.39 is 6.04 Å². The Morgan fingerprint density at radius 2 is 1.65 bits per heavy atom. The summed E-state index contributed by atoms with van der Waals surface area (Å²) in [4.78, 5) is 28.4. The van der Waals surface area contributed by atoms with Gasteiger partial charge in [0.25, 0.3) is 5.91 Å². The number of amides is 2. The maximum atomic E-state index is 13.6. The van der Waals surface area contributed by atoms with Gasteiger partial charge < -0.3 is 15.0 Å². The number of rotatable bonds is 10. The molecule has 1 N–H and O–H groups in total. The molecule has 0 unspecified atom stereocenters. The Balaban J connectivity index is 1.89. The van der Waals surface area contributed by atoms with Gasteiger partial charge in [-0.2, -0.15) is 0 Å². The molecule has 3 aromatic rings. The average molecular weight is 542 g/mol. The summed E-state index contributed by atoms with van der Waals surface area (Å²) in [6, 6.07) is 21.7. The van der Waals surface area contributed by atoms with Gasteiger partial charge in [-0.3, -0.25) is 9.59 Å². The van der Waals surface area contributed by atoms with Gasteiger partial charge in [0.05, 0.1) is 0 Å². The van der Waals surface area contributed by atoms with E-state index in [1.807, 2.05) is 61.5 Å². The number of halogens is 2. The van der Waals surface area contributed by atoms with E-state index >= 15 is 0 Å². The van der Waals surface area contributed by atoms with Gasteiger partial charge >= 0.3 is 0 Å². The van der Waals surface area contributed by atoms with E-state index in [9.17, 15) is 9.59 Å². The van der Waals surface area contributed by atoms with E-state index in [4.69, 9.17) is 27.9 Å². The Morgan fingerprint density at radius 1 is 0.973 bits per heavy atom. The predicted octanol–water partition coefficient (Wildman–Crippen LogP) is 6.45. The number of hydrogen-bond acceptors (Lipinski definition) is 3. The topological polar surface area (TPSA) is 58.6 Å². The van der Waals surface area contributed by atoms with Crippen LogP contribution >= 0.6 is 23.2 Å². The minimum atomic E-state index is -0.756. The molecule has 0 aliphatic heterocycles. The highest BCUT2D eigenvalue weighted by atomic mass is 35.5. The normalized spacial score (nSPS) is 12.1. The van der Waals surface area contributed by atoms with Crippen molar-refractivity contribution in [1.29, 1.82) is 0 Å². The summed E-state index contributed by atoms with van der Waals surface area (Å²) in [5.41, 5.74) is 2.82. The highest BCUT2D eigenvalue weighted by Crippen LogP contribution is 2.26. The molecule has 3 rings (SSSR count). The van der Waals surface area contributed by atoms with Crippen molar-refractivity contribution in [2.24, 2.45) is 0 Å². The number of carbonyl (C=O) groups excluding carboxylic acids is 2. The molecule has 37 heavy (non-hydrogen) atoms. The lowest BCUT2D eigenvalue weighted by atomic mass is 9.87. The standard InChI is InChI=1S/C30H34Cl2N2O3/c1-5-33-29(36)27(17-21-9-7-6-8-10-21)34(19-22-11-14-24(31)18-26(22)32)28(35)20-37-25-15-12-23(13-16-25)30(2,3)4/h6-16,18,27H,5,17,19-20H2,1-4H3,(H,33,36)/t27-/m0/s1. The fourth-order valence-corrected chi connectivity index (χ4v) is 4.43. The largest absolute Gasteiger partial charge is 0.484 e. The summed E-state index contributed by atoms with van der Waals surface area (Å²) in [5.74, 6) is 0.0286. The second-order valence-electron chi connectivity index (χ2n) is 9.92. The van der Waals surface area contributed by atoms with Crippen molar-refractivity contribution >= 4 is 35.0 Å². The summed E-state index contributed by atoms with van der Waals surface area (Å²) in [6.45, 7) is 8.64. The number of carbonyl (C=O) groups is 2. The fourth-order valence-electron chi connectivity index (χ4n) is 3.96. The Kier molecular flexibility index (Phi) is 10.0. The molecule has 0 aliphatic rings. The van der Waals surface area contributed by atoms with Crippen LogP contribution in [0.4, 0.5) is 0 Å². The van der Waals surface area contributed by atoms with Crippen LogP contribution in [0.3, 0.4) is 0 Å². The highest BCUT2D eigenvalue weighted by Gasteiger charge is 2.31. The van der Waals surface area contributed by atoms with Crippen LogP contribution in [-0.4, -0.2) is 35.9 Å². The number of nitrogens with one attached hydrogen (secondary N) is 1. The maximum Gasteiger partial charge on any atom is 0.261 e. The molecule has 1 atom stereocenters. The number of hydrogen-bond donors (Lipinski definition) is 1. The van der Waals surface area contributed by atoms with E-state index in [-0.39, 0.29) is 30.4 Å². The molecule has 0 saturated carbocycles. The maximum absolute atomic E-state index is 13.6. The first-order chi connectivity index (χ1) is 17.6. The Labute approximate surface area is 229 Å². The van der Waals surface area contributed by atoms with Crippen LogP contribution < -0.4 is 10.1 Å². The molecule has 0 aromatic heterocycles. The molecule has 3 aromatic carbocycles. The molecule has 0 spiro atoms. The van der Waals surface area contributed by atoms with Crippen molar-refractivity contribution in [2.45, 2.75) is 52.1 Å². The second-order valence-corrected chi connectivity index (χ2v) is 10.8. The molecule has 0 saturated heterocycles. The summed E-state index contributed by atoms with van der Waals surface area (Å²) in [5, 5.41) is 3.80. The molecule has 0 bridgehead atoms. The third-order valence-corrected chi connectivity index (χ3v) is 6.65. The Morgan fingerprint density at radius 3 is 2.24 bits per heavy atom. The van der Waals surface area contributed by atoms with Gasteiger partial charge in [0.15, 0.2) is 6.61 Å². The van der Waals surface area contributed by atoms with E-state index in [2.05, 4.69) is 26.1 Å². The van der Waals surface area contributed by atoms with Gasteiger partial charge in [-0.05, 0) is 53.3 Å². The lowest BCUT2D eigenvalue weighted by molar-refractivity contribution is -0.142. The first kappa shape index (κ1) is 28.5. The molecule has 196 valence electrons. The zero-order valence-corrected chi connectivity index (χ0v) is 23.3. The third kappa shape index (κ3) is 8.24. The Hall–Kier alpha value is -3.02. The number of benzene rings is 3. The summed E-state index contributed by atoms with van der Waals surface area (Å²) in [7, 11) is 0. The molecule has 5 nitrogen and oxygen atoms in total. The summed E-state index contributed by atoms with van der Waals surface area (Å²) in [6.07, 6.45) is 0.351. The molecule has 0 radical (unpaired) electrons. The Bertz CT molecular complexity index is 1190. The second kappa shape index (κ2) is 13.0. The zero-order chi connectivity index (χ0) is 27.0. The van der Waals surface area contributed by atoms with Crippen LogP contribution in [0, 0.1) is 0 Å². The van der Waals surface area contributed by atoms with Crippen molar-refractivity contribution in [3.63, 3.8) is 0 Å². The fraction of sp³-hybridized carbons (Fsp3) is 0.333. The summed E-state index contributed by atoms with van der Waals surface area (Å²) < 4.78 is 5.87. The minimum absolute atomic E-state index is 0.0142. The quantitative estimate of drug-likeness (QED) is 0.321. The lowest BCUT2D eigenvalue weighted by Crippen LogP contribution is -2.51. The van der Waals surface area contributed by atoms with Crippen LogP contribution in [-0.2, 0) is 28.0 Å². The lowest BCUT2D eigenvalue weighted by Gasteiger charge is -2.31. The van der Waals surface area contributed by atoms with Crippen LogP contribution in [0.15, 0.2) is 72.8 Å². The van der Waals surface area contributed by atoms with Crippen LogP contribution in [0.2, 0.25) is 10.0 Å². The molecule has 0 fully saturated rings. The summed E-state index contributed by atoms with van der Waals surface area (Å²) >= 11 is 12.5. The van der Waals surface area contributed by atoms with Gasteiger partial charge in [-0.15, -0.1) is 0 Å². The van der Waals surface area contributed by atoms with Crippen LogP contribution in [0.25, 0.3) is 0 Å². The predicted molar refractivity (Wildman–Crippen MR) is 150 cm³/mol. The first-order valence-corrected chi connectivity index (χ1v) is 13.1. The third-order valence-electron chi connectivity index (χ3n) is 6.06. The van der Waals surface area contributed by atoms with Gasteiger partial charge in [0, 0.05) is 29.6 Å². The molecule has 0 aliphatic carbocycles. The van der Waals surface area contributed by atoms with Gasteiger partial charge in [-0.1, -0.05) is 92.5 Å². The van der Waals surface area contributed by atoms with Crippen LogP contribution in [0.1, 0.15) is 44.4 Å². The monoisotopic (exact) mass is 540 g/mol. The van der Waals surface area contributed by atoms with Crippen molar-refractivity contribution in [1.82, 2.24) is 10.2 Å². The molecule has 7 heteroatoms. The van der Waals surface area contributed by atoms with E-state index in [1.165, 1.54) is 10.5 Å². The molecular weight excluding hydrogens is 507 g/mol. The minimum Gasteiger partial charge on any atom is -0.484 e. The smallest absolute Gasteiger partial charge is 0.261 e. The van der Waals surface area contributed by atoms with E-state index in [0.29, 0.717) is 34.3 Å². The van der Waals surface area contributed by atoms with Gasteiger partial charge in [0.2, 0.25) is 5.91 Å². The van der Waals surface area contributed by atoms with Gasteiger partial charge in [0.1, 0.15) is 11.8 Å². The van der Waals surface area contributed by atoms with Crippen molar-refractivity contribution in [3.8, 4) is 5.75 Å². The SMILES string of the molecule is CCNC(=O)[C@H](Cc1ccccc1)N(Cc1ccc(Cl)cc1Cl)C(=O)COc1ccc(C(C)(C)C)cc1. The molecular formula is C30H34Cl2N2O3. The number of nitrogens with zero attached hydrogens (tertiary/aromatic N) is 1. The average Bonchev–Trinajstić information content (AvgIpc) is 2.86. The van der Waals surface area contributed by atoms with E-state index in [0.717, 1.165) is 5.56 Å². The molecule has 0 heterocycles. The van der Waals surface area contributed by atoms with Gasteiger partial charge in [-0.25, -0.2) is 0 Å². The van der Waals surface area contributed by atoms with E-state index in [1.54, 1.807) is 18.2 Å². The zero-order valence-electron chi connectivity index (χ0n) is 21.8. The van der Waals surface area contributed by atoms with Crippen LogP contribution in [0.5, 0.6) is 5.75 Å². The van der Waals surface area contributed by atoms with Crippen molar-refractivity contribution in [3.05, 3.63) is 99.5 Å². The number of ether oxygens (including phenoxy) is 1. The first-order valence-electron chi connectivity index (χ1n) is 12.4. The highest BCUT2D eigenvalue weighted by molar-refractivity contribution is 6.35. The van der Waals surface area contributed by atoms with Crippen molar-refractivity contribution < 1.29 is 14.3 Å². The molecule has 2 amide bonds.